The third-order valence-corrected chi connectivity index (χ3v) is 3.79. The number of hydrogen-bond donors (Lipinski definition) is 1. The SMILES string of the molecule is CC(=O)N(CCNC(=O)c1ccccc1C)Cc1ccc(F)cc1. The van der Waals surface area contributed by atoms with Gasteiger partial charge in [0.2, 0.25) is 5.91 Å². The van der Waals surface area contributed by atoms with Gasteiger partial charge in [-0.2, -0.15) is 0 Å². The van der Waals surface area contributed by atoms with Crippen LogP contribution in [0, 0.1) is 12.7 Å². The molecule has 0 radical (unpaired) electrons. The van der Waals surface area contributed by atoms with Crippen LogP contribution in [-0.4, -0.2) is 29.8 Å². The molecule has 2 aromatic carbocycles. The Labute approximate surface area is 141 Å². The topological polar surface area (TPSA) is 49.4 Å². The van der Waals surface area contributed by atoms with E-state index in [-0.39, 0.29) is 17.6 Å². The minimum Gasteiger partial charge on any atom is -0.350 e. The molecule has 0 saturated heterocycles. The summed E-state index contributed by atoms with van der Waals surface area (Å²) in [5.41, 5.74) is 2.38. The Balaban J connectivity index is 1.90. The van der Waals surface area contributed by atoms with Gasteiger partial charge in [-0.05, 0) is 36.2 Å². The molecule has 1 N–H and O–H groups in total. The summed E-state index contributed by atoms with van der Waals surface area (Å²) in [4.78, 5) is 25.5. The molecule has 2 rings (SSSR count). The van der Waals surface area contributed by atoms with Gasteiger partial charge in [-0.25, -0.2) is 4.39 Å². The van der Waals surface area contributed by atoms with Crippen molar-refractivity contribution >= 4 is 11.8 Å². The number of halogens is 1. The van der Waals surface area contributed by atoms with Crippen molar-refractivity contribution in [3.05, 3.63) is 71.0 Å². The molecule has 4 nitrogen and oxygen atoms in total. The number of aryl methyl sites for hydroxylation is 1. The summed E-state index contributed by atoms with van der Waals surface area (Å²) < 4.78 is 12.9. The highest BCUT2D eigenvalue weighted by Crippen LogP contribution is 2.08. The summed E-state index contributed by atoms with van der Waals surface area (Å²) in [6, 6.07) is 13.4. The largest absolute Gasteiger partial charge is 0.350 e. The molecule has 0 aliphatic carbocycles. The molecular formula is C19H21FN2O2. The van der Waals surface area contributed by atoms with Crippen LogP contribution in [0.4, 0.5) is 4.39 Å². The van der Waals surface area contributed by atoms with Gasteiger partial charge in [-0.1, -0.05) is 30.3 Å². The molecular weight excluding hydrogens is 307 g/mol. The maximum absolute atomic E-state index is 12.9. The van der Waals surface area contributed by atoms with E-state index in [1.54, 1.807) is 23.1 Å². The number of rotatable bonds is 6. The summed E-state index contributed by atoms with van der Waals surface area (Å²) in [5, 5.41) is 2.83. The van der Waals surface area contributed by atoms with Crippen molar-refractivity contribution in [3.63, 3.8) is 0 Å². The van der Waals surface area contributed by atoms with E-state index < -0.39 is 0 Å². The van der Waals surface area contributed by atoms with E-state index in [1.807, 2.05) is 25.1 Å². The third kappa shape index (κ3) is 4.91. The normalized spacial score (nSPS) is 10.3. The first-order valence-electron chi connectivity index (χ1n) is 7.81. The number of hydrogen-bond acceptors (Lipinski definition) is 2. The minimum absolute atomic E-state index is 0.0931. The van der Waals surface area contributed by atoms with Gasteiger partial charge in [0.05, 0.1) is 0 Å². The molecule has 0 saturated carbocycles. The molecule has 2 amide bonds. The summed E-state index contributed by atoms with van der Waals surface area (Å²) in [6.07, 6.45) is 0. The first kappa shape index (κ1) is 17.7. The number of nitrogens with one attached hydrogen (secondary N) is 1. The van der Waals surface area contributed by atoms with E-state index in [0.29, 0.717) is 25.2 Å². The van der Waals surface area contributed by atoms with Crippen molar-refractivity contribution in [2.24, 2.45) is 0 Å². The zero-order chi connectivity index (χ0) is 17.5. The van der Waals surface area contributed by atoms with Crippen LogP contribution in [0.25, 0.3) is 0 Å². The molecule has 0 aromatic heterocycles. The van der Waals surface area contributed by atoms with Gasteiger partial charge in [0.25, 0.3) is 5.91 Å². The van der Waals surface area contributed by atoms with Crippen LogP contribution >= 0.6 is 0 Å². The number of nitrogens with zero attached hydrogens (tertiary/aromatic N) is 1. The lowest BCUT2D eigenvalue weighted by molar-refractivity contribution is -0.129. The van der Waals surface area contributed by atoms with Crippen LogP contribution in [-0.2, 0) is 11.3 Å². The first-order valence-corrected chi connectivity index (χ1v) is 7.81. The predicted octanol–water partition coefficient (Wildman–Crippen LogP) is 2.91. The molecule has 0 unspecified atom stereocenters. The molecule has 0 bridgehead atoms. The van der Waals surface area contributed by atoms with Gasteiger partial charge in [-0.15, -0.1) is 0 Å². The van der Waals surface area contributed by atoms with E-state index in [1.165, 1.54) is 19.1 Å². The zero-order valence-corrected chi connectivity index (χ0v) is 13.9. The minimum atomic E-state index is -0.307. The van der Waals surface area contributed by atoms with Crippen molar-refractivity contribution < 1.29 is 14.0 Å². The van der Waals surface area contributed by atoms with E-state index in [0.717, 1.165) is 11.1 Å². The lowest BCUT2D eigenvalue weighted by Crippen LogP contribution is -2.37. The Morgan fingerprint density at radius 2 is 1.75 bits per heavy atom. The van der Waals surface area contributed by atoms with Crippen LogP contribution in [0.3, 0.4) is 0 Å². The Bertz CT molecular complexity index is 714. The second-order valence-corrected chi connectivity index (χ2v) is 5.64. The fourth-order valence-corrected chi connectivity index (χ4v) is 2.39. The van der Waals surface area contributed by atoms with Gasteiger partial charge in [-0.3, -0.25) is 9.59 Å². The first-order chi connectivity index (χ1) is 11.5. The second kappa shape index (κ2) is 8.24. The highest BCUT2D eigenvalue weighted by atomic mass is 19.1. The summed E-state index contributed by atoms with van der Waals surface area (Å²) in [5.74, 6) is -0.554. The maximum Gasteiger partial charge on any atom is 0.251 e. The van der Waals surface area contributed by atoms with Crippen LogP contribution in [0.5, 0.6) is 0 Å². The number of carbonyl (C=O) groups excluding carboxylic acids is 2. The molecule has 0 aliphatic heterocycles. The second-order valence-electron chi connectivity index (χ2n) is 5.64. The molecule has 0 atom stereocenters. The van der Waals surface area contributed by atoms with Gasteiger partial charge in [0.15, 0.2) is 0 Å². The van der Waals surface area contributed by atoms with Crippen LogP contribution in [0.15, 0.2) is 48.5 Å². The van der Waals surface area contributed by atoms with Gasteiger partial charge >= 0.3 is 0 Å². The van der Waals surface area contributed by atoms with Crippen molar-refractivity contribution in [1.29, 1.82) is 0 Å². The lowest BCUT2D eigenvalue weighted by Gasteiger charge is -2.21. The average Bonchev–Trinajstić information content (AvgIpc) is 2.56. The van der Waals surface area contributed by atoms with E-state index >= 15 is 0 Å². The molecule has 0 fully saturated rings. The molecule has 24 heavy (non-hydrogen) atoms. The number of benzene rings is 2. The summed E-state index contributed by atoms with van der Waals surface area (Å²) in [6.45, 7) is 4.49. The molecule has 0 spiro atoms. The van der Waals surface area contributed by atoms with Crippen LogP contribution in [0.1, 0.15) is 28.4 Å². The molecule has 5 heteroatoms. The molecule has 0 heterocycles. The van der Waals surface area contributed by atoms with Gasteiger partial charge < -0.3 is 10.2 Å². The third-order valence-electron chi connectivity index (χ3n) is 3.79. The van der Waals surface area contributed by atoms with Crippen molar-refractivity contribution in [3.8, 4) is 0 Å². The highest BCUT2D eigenvalue weighted by molar-refractivity contribution is 5.95. The molecule has 0 aliphatic rings. The van der Waals surface area contributed by atoms with Crippen molar-refractivity contribution in [2.45, 2.75) is 20.4 Å². The fourth-order valence-electron chi connectivity index (χ4n) is 2.39. The Hall–Kier alpha value is -2.69. The average molecular weight is 328 g/mol. The monoisotopic (exact) mass is 328 g/mol. The summed E-state index contributed by atoms with van der Waals surface area (Å²) >= 11 is 0. The maximum atomic E-state index is 12.9. The Kier molecular flexibility index (Phi) is 6.07. The quantitative estimate of drug-likeness (QED) is 0.886. The Morgan fingerprint density at radius 1 is 1.08 bits per heavy atom. The van der Waals surface area contributed by atoms with E-state index in [4.69, 9.17) is 0 Å². The predicted molar refractivity (Wildman–Crippen MR) is 91.0 cm³/mol. The van der Waals surface area contributed by atoms with Crippen LogP contribution in [0.2, 0.25) is 0 Å². The number of amides is 2. The molecule has 2 aromatic rings. The van der Waals surface area contributed by atoms with Gasteiger partial charge in [0, 0.05) is 32.1 Å². The number of carbonyl (C=O) groups is 2. The zero-order valence-electron chi connectivity index (χ0n) is 13.9. The van der Waals surface area contributed by atoms with E-state index in [2.05, 4.69) is 5.32 Å². The van der Waals surface area contributed by atoms with Crippen LogP contribution < -0.4 is 5.32 Å². The standard InChI is InChI=1S/C19H21FN2O2/c1-14-5-3-4-6-18(14)19(24)21-11-12-22(15(2)23)13-16-7-9-17(20)10-8-16/h3-10H,11-13H2,1-2H3,(H,21,24). The van der Waals surface area contributed by atoms with Crippen molar-refractivity contribution in [1.82, 2.24) is 10.2 Å². The molecule has 126 valence electrons. The van der Waals surface area contributed by atoms with Gasteiger partial charge in [0.1, 0.15) is 5.82 Å². The Morgan fingerprint density at radius 3 is 2.38 bits per heavy atom. The lowest BCUT2D eigenvalue weighted by atomic mass is 10.1. The van der Waals surface area contributed by atoms with E-state index in [9.17, 15) is 14.0 Å². The van der Waals surface area contributed by atoms with Crippen molar-refractivity contribution in [2.75, 3.05) is 13.1 Å². The smallest absolute Gasteiger partial charge is 0.251 e. The highest BCUT2D eigenvalue weighted by Gasteiger charge is 2.12. The summed E-state index contributed by atoms with van der Waals surface area (Å²) in [7, 11) is 0. The fraction of sp³-hybridized carbons (Fsp3) is 0.263.